The quantitative estimate of drug-likeness (QED) is 0.538. The minimum absolute atomic E-state index is 0.0171. The van der Waals surface area contributed by atoms with Crippen molar-refractivity contribution < 1.29 is 34.8 Å². The summed E-state index contributed by atoms with van der Waals surface area (Å²) in [6.45, 7) is 0. The number of rotatable bonds is 4. The molecule has 16 heteroatoms. The van der Waals surface area contributed by atoms with Gasteiger partial charge in [0.2, 0.25) is 0 Å². The Hall–Kier alpha value is -2.37. The van der Waals surface area contributed by atoms with E-state index in [0.29, 0.717) is 29.7 Å². The Morgan fingerprint density at radius 3 is 2.06 bits per heavy atom. The molecule has 0 radical (unpaired) electrons. The minimum atomic E-state index is -6.01. The van der Waals surface area contributed by atoms with Crippen LogP contribution in [-0.4, -0.2) is 29.7 Å². The highest BCUT2D eigenvalue weighted by Crippen LogP contribution is 2.44. The number of benzene rings is 1. The van der Waals surface area contributed by atoms with Gasteiger partial charge >= 0.3 is 21.7 Å². The highest BCUT2D eigenvalue weighted by atomic mass is 35.5. The lowest BCUT2D eigenvalue weighted by Gasteiger charge is -2.30. The molecule has 2 N–H and O–H groups in total. The van der Waals surface area contributed by atoms with E-state index in [-0.39, 0.29) is 17.1 Å². The van der Waals surface area contributed by atoms with E-state index in [2.05, 4.69) is 5.10 Å². The summed E-state index contributed by atoms with van der Waals surface area (Å²) in [5.74, 6) is -0.769. The van der Waals surface area contributed by atoms with Gasteiger partial charge < -0.3 is 5.73 Å². The molecule has 1 aromatic heterocycles. The summed E-state index contributed by atoms with van der Waals surface area (Å²) in [5.41, 5.74) is -3.16. The lowest BCUT2D eigenvalue weighted by molar-refractivity contribution is -0.137. The van der Waals surface area contributed by atoms with E-state index < -0.39 is 66.2 Å². The fourth-order valence-corrected chi connectivity index (χ4v) is 5.46. The lowest BCUT2D eigenvalue weighted by atomic mass is 10.2. The van der Waals surface area contributed by atoms with Crippen LogP contribution in [0.15, 0.2) is 12.1 Å². The van der Waals surface area contributed by atoms with E-state index in [4.69, 9.17) is 28.9 Å². The van der Waals surface area contributed by atoms with Gasteiger partial charge in [0, 0.05) is 6.04 Å². The molecule has 3 rings (SSSR count). The molecule has 0 unspecified atom stereocenters. The average molecular weight is 536 g/mol. The first-order valence-corrected chi connectivity index (χ1v) is 11.3. The Labute approximate surface area is 193 Å². The molecular weight excluding hydrogens is 523 g/mol. The molecule has 0 bridgehead atoms. The van der Waals surface area contributed by atoms with Crippen LogP contribution in [0, 0.1) is 11.3 Å². The summed E-state index contributed by atoms with van der Waals surface area (Å²) in [5, 5.41) is 11.9. The van der Waals surface area contributed by atoms with Crippen molar-refractivity contribution in [1.29, 1.82) is 5.26 Å². The average Bonchev–Trinajstić information content (AvgIpc) is 3.30. The van der Waals surface area contributed by atoms with Gasteiger partial charge in [0.25, 0.3) is 0 Å². The molecule has 0 spiro atoms. The monoisotopic (exact) mass is 535 g/mol. The number of nitrogens with zero attached hydrogens (tertiary/aromatic N) is 4. The van der Waals surface area contributed by atoms with E-state index in [9.17, 15) is 40.0 Å². The van der Waals surface area contributed by atoms with Crippen LogP contribution in [0.4, 0.5) is 37.8 Å². The Morgan fingerprint density at radius 2 is 1.64 bits per heavy atom. The number of anilines is 2. The molecular formula is C17H13Cl2F6N5O2S. The van der Waals surface area contributed by atoms with Crippen LogP contribution in [0.3, 0.4) is 0 Å². The number of aromatic nitrogens is 2. The van der Waals surface area contributed by atoms with Gasteiger partial charge in [-0.3, -0.25) is 4.31 Å². The van der Waals surface area contributed by atoms with Gasteiger partial charge in [-0.25, -0.2) is 4.68 Å². The van der Waals surface area contributed by atoms with Gasteiger partial charge in [0.05, 0.1) is 15.6 Å². The fourth-order valence-electron chi connectivity index (χ4n) is 3.57. The van der Waals surface area contributed by atoms with Crippen LogP contribution in [0.25, 0.3) is 5.69 Å². The Kier molecular flexibility index (Phi) is 6.46. The number of hydrogen-bond donors (Lipinski definition) is 1. The van der Waals surface area contributed by atoms with Crippen molar-refractivity contribution in [1.82, 2.24) is 9.78 Å². The van der Waals surface area contributed by atoms with Crippen LogP contribution in [0.5, 0.6) is 0 Å². The molecule has 1 aliphatic rings. The zero-order valence-electron chi connectivity index (χ0n) is 16.2. The van der Waals surface area contributed by atoms with Crippen molar-refractivity contribution >= 4 is 44.7 Å². The molecule has 1 saturated carbocycles. The highest BCUT2D eigenvalue weighted by molar-refractivity contribution is 7.93. The van der Waals surface area contributed by atoms with E-state index in [1.54, 1.807) is 0 Å². The maximum atomic E-state index is 13.5. The van der Waals surface area contributed by atoms with E-state index in [0.717, 1.165) is 0 Å². The van der Waals surface area contributed by atoms with E-state index in [1.807, 2.05) is 0 Å². The van der Waals surface area contributed by atoms with Gasteiger partial charge in [-0.15, -0.1) is 0 Å². The third kappa shape index (κ3) is 4.41. The van der Waals surface area contributed by atoms with Crippen molar-refractivity contribution in [2.24, 2.45) is 0 Å². The number of alkyl halides is 6. The SMILES string of the molecule is N#Cc1nn(-c2c(Cl)cc(C(F)(F)F)cc2Cl)c(N)c1N(C1CCCC1)S(=O)(=O)C(F)(F)F. The Balaban J connectivity index is 2.29. The molecule has 1 heterocycles. The Bertz CT molecular complexity index is 1210. The first kappa shape index (κ1) is 25.3. The first-order valence-electron chi connectivity index (χ1n) is 9.07. The van der Waals surface area contributed by atoms with Crippen LogP contribution in [0.2, 0.25) is 10.0 Å². The maximum Gasteiger partial charge on any atom is 0.516 e. The summed E-state index contributed by atoms with van der Waals surface area (Å²) < 4.78 is 105. The molecule has 1 fully saturated rings. The molecule has 0 atom stereocenters. The van der Waals surface area contributed by atoms with Gasteiger partial charge in [-0.2, -0.15) is 45.1 Å². The minimum Gasteiger partial charge on any atom is -0.382 e. The van der Waals surface area contributed by atoms with Crippen molar-refractivity contribution in [3.63, 3.8) is 0 Å². The normalized spacial score (nSPS) is 15.6. The van der Waals surface area contributed by atoms with Crippen LogP contribution >= 0.6 is 23.2 Å². The van der Waals surface area contributed by atoms with Crippen molar-refractivity contribution in [2.45, 2.75) is 43.4 Å². The number of hydrogen-bond acceptors (Lipinski definition) is 5. The summed E-state index contributed by atoms with van der Waals surface area (Å²) in [7, 11) is -6.01. The smallest absolute Gasteiger partial charge is 0.382 e. The number of nitrogen functional groups attached to an aromatic ring is 1. The number of halogens is 8. The van der Waals surface area contributed by atoms with Gasteiger partial charge in [-0.05, 0) is 25.0 Å². The topological polar surface area (TPSA) is 105 Å². The number of sulfonamides is 1. The summed E-state index contributed by atoms with van der Waals surface area (Å²) >= 11 is 11.9. The standard InChI is InChI=1S/C17H13Cl2F6N5O2S/c18-10-5-8(16(20,21)22)6-11(19)13(10)29-15(27)14(12(7-26)28-29)30(9-3-1-2-4-9)33(31,32)17(23,24)25/h5-6,9H,1-4,27H2. The predicted molar refractivity (Wildman–Crippen MR) is 107 cm³/mol. The van der Waals surface area contributed by atoms with Crippen molar-refractivity contribution in [2.75, 3.05) is 10.0 Å². The molecule has 180 valence electrons. The van der Waals surface area contributed by atoms with Crippen LogP contribution in [-0.2, 0) is 16.2 Å². The first-order chi connectivity index (χ1) is 15.1. The highest BCUT2D eigenvalue weighted by Gasteiger charge is 2.54. The van der Waals surface area contributed by atoms with Crippen molar-refractivity contribution in [3.05, 3.63) is 33.4 Å². The van der Waals surface area contributed by atoms with Gasteiger partial charge in [0.1, 0.15) is 17.4 Å². The van der Waals surface area contributed by atoms with E-state index >= 15 is 0 Å². The maximum absolute atomic E-state index is 13.5. The second kappa shape index (κ2) is 8.44. The zero-order valence-corrected chi connectivity index (χ0v) is 18.5. The van der Waals surface area contributed by atoms with Crippen LogP contribution in [0.1, 0.15) is 36.9 Å². The fraction of sp³-hybridized carbons (Fsp3) is 0.412. The molecule has 33 heavy (non-hydrogen) atoms. The summed E-state index contributed by atoms with van der Waals surface area (Å²) in [6, 6.07) is 1.28. The van der Waals surface area contributed by atoms with Crippen molar-refractivity contribution in [3.8, 4) is 11.8 Å². The van der Waals surface area contributed by atoms with Gasteiger partial charge in [-0.1, -0.05) is 36.0 Å². The molecule has 0 aliphatic heterocycles. The number of nitriles is 1. The second-order valence-electron chi connectivity index (χ2n) is 7.08. The van der Waals surface area contributed by atoms with E-state index in [1.165, 1.54) is 6.07 Å². The molecule has 7 nitrogen and oxygen atoms in total. The number of nitrogens with two attached hydrogens (primary N) is 1. The molecule has 2 aromatic rings. The summed E-state index contributed by atoms with van der Waals surface area (Å²) in [6.07, 6.45) is -3.83. The second-order valence-corrected chi connectivity index (χ2v) is 9.70. The third-order valence-electron chi connectivity index (χ3n) is 4.99. The predicted octanol–water partition coefficient (Wildman–Crippen LogP) is 5.25. The largest absolute Gasteiger partial charge is 0.516 e. The molecule has 0 saturated heterocycles. The Morgan fingerprint density at radius 1 is 1.12 bits per heavy atom. The zero-order chi connectivity index (χ0) is 24.9. The molecule has 1 aliphatic carbocycles. The third-order valence-corrected chi connectivity index (χ3v) is 7.15. The molecule has 1 aromatic carbocycles. The molecule has 0 amide bonds. The van der Waals surface area contributed by atoms with Crippen LogP contribution < -0.4 is 10.0 Å². The lowest BCUT2D eigenvalue weighted by Crippen LogP contribution is -2.46. The van der Waals surface area contributed by atoms with Gasteiger partial charge in [0.15, 0.2) is 11.5 Å². The summed E-state index contributed by atoms with van der Waals surface area (Å²) in [4.78, 5) is 0.